The van der Waals surface area contributed by atoms with Crippen molar-refractivity contribution in [3.63, 3.8) is 0 Å². The monoisotopic (exact) mass is 245 g/mol. The van der Waals surface area contributed by atoms with Gasteiger partial charge in [-0.3, -0.25) is 0 Å². The number of nitrogens with one attached hydrogen (secondary N) is 1. The lowest BCUT2D eigenvalue weighted by atomic mass is 10.1. The van der Waals surface area contributed by atoms with Gasteiger partial charge in [0.05, 0.1) is 6.20 Å². The number of aryl methyl sites for hydroxylation is 1. The van der Waals surface area contributed by atoms with E-state index in [1.807, 2.05) is 31.2 Å². The number of anilines is 1. The van der Waals surface area contributed by atoms with Crippen molar-refractivity contribution in [1.29, 1.82) is 0 Å². The van der Waals surface area contributed by atoms with Crippen LogP contribution in [0.5, 0.6) is 0 Å². The minimum atomic E-state index is -0.397. The molecule has 0 amide bonds. The number of rotatable bonds is 4. The van der Waals surface area contributed by atoms with E-state index >= 15 is 0 Å². The van der Waals surface area contributed by atoms with Gasteiger partial charge < -0.3 is 5.32 Å². The first kappa shape index (κ1) is 12.5. The zero-order valence-electron chi connectivity index (χ0n) is 10.6. The number of hydrogen-bond acceptors (Lipinski definition) is 3. The molecular weight excluding hydrogens is 229 g/mol. The van der Waals surface area contributed by atoms with Gasteiger partial charge in [0.2, 0.25) is 5.95 Å². The fourth-order valence-electron chi connectivity index (χ4n) is 1.72. The number of nitrogens with zero attached hydrogens (tertiary/aromatic N) is 2. The third-order valence-corrected chi connectivity index (χ3v) is 2.68. The van der Waals surface area contributed by atoms with Crippen molar-refractivity contribution in [2.24, 2.45) is 0 Å². The van der Waals surface area contributed by atoms with Gasteiger partial charge >= 0.3 is 0 Å². The smallest absolute Gasteiger partial charge is 0.223 e. The minimum absolute atomic E-state index is 0.349. The molecule has 0 spiro atoms. The minimum Gasteiger partial charge on any atom is -0.354 e. The van der Waals surface area contributed by atoms with E-state index in [2.05, 4.69) is 22.2 Å². The van der Waals surface area contributed by atoms with Gasteiger partial charge in [-0.05, 0) is 18.9 Å². The van der Waals surface area contributed by atoms with Gasteiger partial charge in [-0.1, -0.05) is 31.2 Å². The van der Waals surface area contributed by atoms with E-state index < -0.39 is 5.82 Å². The molecule has 1 N–H and O–H groups in total. The van der Waals surface area contributed by atoms with Gasteiger partial charge in [-0.25, -0.2) is 14.4 Å². The first-order chi connectivity index (χ1) is 8.72. The average Bonchev–Trinajstić information content (AvgIpc) is 2.39. The quantitative estimate of drug-likeness (QED) is 0.897. The molecule has 2 rings (SSSR count). The van der Waals surface area contributed by atoms with E-state index in [0.29, 0.717) is 11.6 Å². The molecule has 0 aliphatic heterocycles. The highest BCUT2D eigenvalue weighted by molar-refractivity contribution is 5.64. The van der Waals surface area contributed by atoms with Gasteiger partial charge in [0.1, 0.15) is 5.69 Å². The van der Waals surface area contributed by atoms with E-state index in [-0.39, 0.29) is 0 Å². The summed E-state index contributed by atoms with van der Waals surface area (Å²) in [4.78, 5) is 8.18. The molecule has 0 saturated carbocycles. The predicted octanol–water partition coefficient (Wildman–Crippen LogP) is 3.41. The zero-order valence-corrected chi connectivity index (χ0v) is 10.6. The molecule has 18 heavy (non-hydrogen) atoms. The van der Waals surface area contributed by atoms with Crippen LogP contribution in [0.1, 0.15) is 18.9 Å². The summed E-state index contributed by atoms with van der Waals surface area (Å²) in [7, 11) is 0. The molecule has 3 nitrogen and oxygen atoms in total. The second kappa shape index (κ2) is 5.58. The molecule has 0 aliphatic carbocycles. The van der Waals surface area contributed by atoms with Crippen LogP contribution in [-0.2, 0) is 0 Å². The van der Waals surface area contributed by atoms with E-state index in [1.54, 1.807) is 0 Å². The fraction of sp³-hybridized carbons (Fsp3) is 0.286. The number of halogens is 1. The van der Waals surface area contributed by atoms with Gasteiger partial charge in [-0.2, -0.15) is 0 Å². The molecule has 0 saturated heterocycles. The molecule has 0 fully saturated rings. The molecular formula is C14H16FN3. The van der Waals surface area contributed by atoms with E-state index in [4.69, 9.17) is 0 Å². The Bertz CT molecular complexity index is 540. The second-order valence-corrected chi connectivity index (χ2v) is 4.13. The van der Waals surface area contributed by atoms with Gasteiger partial charge in [-0.15, -0.1) is 0 Å². The van der Waals surface area contributed by atoms with Crippen molar-refractivity contribution >= 4 is 5.95 Å². The SMILES string of the molecule is CCCNc1ncc(F)c(-c2ccccc2C)n1. The summed E-state index contributed by atoms with van der Waals surface area (Å²) in [5.74, 6) is 0.0721. The Balaban J connectivity index is 2.40. The molecule has 0 radical (unpaired) electrons. The molecule has 94 valence electrons. The summed E-state index contributed by atoms with van der Waals surface area (Å²) in [6, 6.07) is 7.61. The molecule has 1 aromatic heterocycles. The third-order valence-electron chi connectivity index (χ3n) is 2.68. The molecule has 1 heterocycles. The standard InChI is InChI=1S/C14H16FN3/c1-3-8-16-14-17-9-12(15)13(18-14)11-7-5-4-6-10(11)2/h4-7,9H,3,8H2,1-2H3,(H,16,17,18). The van der Waals surface area contributed by atoms with E-state index in [1.165, 1.54) is 6.20 Å². The van der Waals surface area contributed by atoms with Gasteiger partial charge in [0, 0.05) is 12.1 Å². The third kappa shape index (κ3) is 2.64. The number of benzene rings is 1. The maximum absolute atomic E-state index is 13.8. The van der Waals surface area contributed by atoms with Crippen LogP contribution < -0.4 is 5.32 Å². The summed E-state index contributed by atoms with van der Waals surface area (Å²) >= 11 is 0. The summed E-state index contributed by atoms with van der Waals surface area (Å²) in [5, 5.41) is 3.06. The highest BCUT2D eigenvalue weighted by atomic mass is 19.1. The van der Waals surface area contributed by atoms with Crippen LogP contribution in [0, 0.1) is 12.7 Å². The van der Waals surface area contributed by atoms with Crippen LogP contribution in [0.3, 0.4) is 0 Å². The Morgan fingerprint density at radius 1 is 1.28 bits per heavy atom. The maximum atomic E-state index is 13.8. The van der Waals surface area contributed by atoms with Gasteiger partial charge in [0.25, 0.3) is 0 Å². The summed E-state index contributed by atoms with van der Waals surface area (Å²) in [5.41, 5.74) is 2.15. The number of aromatic nitrogens is 2. The summed E-state index contributed by atoms with van der Waals surface area (Å²) in [6.45, 7) is 4.77. The first-order valence-electron chi connectivity index (χ1n) is 6.04. The fourth-order valence-corrected chi connectivity index (χ4v) is 1.72. The lowest BCUT2D eigenvalue weighted by Crippen LogP contribution is -2.06. The molecule has 0 bridgehead atoms. The summed E-state index contributed by atoms with van der Waals surface area (Å²) < 4.78 is 13.8. The normalized spacial score (nSPS) is 10.4. The highest BCUT2D eigenvalue weighted by Crippen LogP contribution is 2.24. The van der Waals surface area contributed by atoms with E-state index in [0.717, 1.165) is 24.1 Å². The Labute approximate surface area is 106 Å². The lowest BCUT2D eigenvalue weighted by Gasteiger charge is -2.08. The maximum Gasteiger partial charge on any atom is 0.223 e. The van der Waals surface area contributed by atoms with E-state index in [9.17, 15) is 4.39 Å². The van der Waals surface area contributed by atoms with Crippen LogP contribution in [-0.4, -0.2) is 16.5 Å². The molecule has 0 atom stereocenters. The molecule has 2 aromatic rings. The van der Waals surface area contributed by atoms with Crippen molar-refractivity contribution in [3.8, 4) is 11.3 Å². The molecule has 0 aliphatic rings. The van der Waals surface area contributed by atoms with Crippen LogP contribution in [0.2, 0.25) is 0 Å². The second-order valence-electron chi connectivity index (χ2n) is 4.13. The van der Waals surface area contributed by atoms with Crippen molar-refractivity contribution in [2.45, 2.75) is 20.3 Å². The van der Waals surface area contributed by atoms with Crippen molar-refractivity contribution in [3.05, 3.63) is 41.8 Å². The topological polar surface area (TPSA) is 37.8 Å². The molecule has 1 aromatic carbocycles. The zero-order chi connectivity index (χ0) is 13.0. The van der Waals surface area contributed by atoms with Crippen LogP contribution >= 0.6 is 0 Å². The number of hydrogen-bond donors (Lipinski definition) is 1. The first-order valence-corrected chi connectivity index (χ1v) is 6.04. The lowest BCUT2D eigenvalue weighted by molar-refractivity contribution is 0.618. The van der Waals surface area contributed by atoms with Gasteiger partial charge in [0.15, 0.2) is 5.82 Å². The molecule has 4 heteroatoms. The largest absolute Gasteiger partial charge is 0.354 e. The van der Waals surface area contributed by atoms with Crippen LogP contribution in [0.25, 0.3) is 11.3 Å². The Morgan fingerprint density at radius 3 is 2.78 bits per heavy atom. The molecule has 0 unspecified atom stereocenters. The highest BCUT2D eigenvalue weighted by Gasteiger charge is 2.10. The van der Waals surface area contributed by atoms with Crippen LogP contribution in [0.4, 0.5) is 10.3 Å². The van der Waals surface area contributed by atoms with Crippen LogP contribution in [0.15, 0.2) is 30.5 Å². The van der Waals surface area contributed by atoms with Crippen molar-refractivity contribution in [2.75, 3.05) is 11.9 Å². The Morgan fingerprint density at radius 2 is 2.06 bits per heavy atom. The van der Waals surface area contributed by atoms with Crippen molar-refractivity contribution < 1.29 is 4.39 Å². The van der Waals surface area contributed by atoms with Crippen molar-refractivity contribution in [1.82, 2.24) is 9.97 Å². The summed E-state index contributed by atoms with van der Waals surface area (Å²) in [6.07, 6.45) is 2.19. The average molecular weight is 245 g/mol. The predicted molar refractivity (Wildman–Crippen MR) is 70.9 cm³/mol. The Kier molecular flexibility index (Phi) is 3.87. The Hall–Kier alpha value is -1.97.